The molecule has 1 aliphatic rings. The molecule has 0 saturated carbocycles. The number of hydrogen-bond donors (Lipinski definition) is 3. The van der Waals surface area contributed by atoms with Crippen molar-refractivity contribution in [2.75, 3.05) is 0 Å². The Balaban J connectivity index is 2.29. The minimum absolute atomic E-state index is 0.0466. The highest BCUT2D eigenvalue weighted by molar-refractivity contribution is 7.09. The Morgan fingerprint density at radius 1 is 1.31 bits per heavy atom. The van der Waals surface area contributed by atoms with Crippen LogP contribution < -0.4 is 5.73 Å². The third kappa shape index (κ3) is 8.34. The van der Waals surface area contributed by atoms with Crippen LogP contribution in [-0.2, 0) is 20.9 Å². The van der Waals surface area contributed by atoms with E-state index in [-0.39, 0.29) is 18.1 Å². The number of Topliss-reactive ketones (excluding diaryl/α,β-unsaturated/α-hetero) is 1. The molecule has 2 rings (SSSR count). The molecule has 0 aromatic carbocycles. The Morgan fingerprint density at radius 2 is 2.03 bits per heavy atom. The van der Waals surface area contributed by atoms with Gasteiger partial charge in [-0.25, -0.2) is 4.98 Å². The van der Waals surface area contributed by atoms with E-state index in [0.717, 1.165) is 30.0 Å². The molecule has 0 bridgehead atoms. The van der Waals surface area contributed by atoms with Gasteiger partial charge in [-0.1, -0.05) is 39.3 Å². The third-order valence-electron chi connectivity index (χ3n) is 7.04. The molecular weight excluding hydrogens is 464 g/mol. The van der Waals surface area contributed by atoms with Gasteiger partial charge in [0.2, 0.25) is 0 Å². The lowest BCUT2D eigenvalue weighted by Crippen LogP contribution is -2.46. The van der Waals surface area contributed by atoms with Crippen molar-refractivity contribution in [3.8, 4) is 0 Å². The van der Waals surface area contributed by atoms with E-state index in [0.29, 0.717) is 19.4 Å². The summed E-state index contributed by atoms with van der Waals surface area (Å²) < 4.78 is 5.70. The second kappa shape index (κ2) is 13.4. The van der Waals surface area contributed by atoms with Gasteiger partial charge in [0, 0.05) is 24.3 Å². The van der Waals surface area contributed by atoms with Crippen LogP contribution in [0, 0.1) is 17.3 Å². The summed E-state index contributed by atoms with van der Waals surface area (Å²) in [6.45, 7) is 9.54. The predicted octanol–water partition coefficient (Wildman–Crippen LogP) is 4.42. The average Bonchev–Trinajstić information content (AvgIpc) is 3.28. The van der Waals surface area contributed by atoms with Crippen LogP contribution in [0.1, 0.15) is 83.8 Å². The first-order valence-electron chi connectivity index (χ1n) is 12.6. The van der Waals surface area contributed by atoms with Crippen molar-refractivity contribution in [1.29, 1.82) is 0 Å². The Labute approximate surface area is 213 Å². The van der Waals surface area contributed by atoms with Crippen LogP contribution >= 0.6 is 11.3 Å². The van der Waals surface area contributed by atoms with Crippen LogP contribution in [0.2, 0.25) is 0 Å². The molecule has 35 heavy (non-hydrogen) atoms. The van der Waals surface area contributed by atoms with Gasteiger partial charge in [-0.05, 0) is 50.7 Å². The Hall–Kier alpha value is -1.87. The topological polar surface area (TPSA) is 123 Å². The highest BCUT2D eigenvalue weighted by Crippen LogP contribution is 2.33. The quantitative estimate of drug-likeness (QED) is 0.408. The number of hydrogen-bond acceptors (Lipinski definition) is 8. The molecule has 0 aliphatic carbocycles. The number of esters is 1. The van der Waals surface area contributed by atoms with Gasteiger partial charge >= 0.3 is 5.97 Å². The maximum absolute atomic E-state index is 13.4. The first kappa shape index (κ1) is 29.4. The van der Waals surface area contributed by atoms with Crippen molar-refractivity contribution < 1.29 is 24.5 Å². The second-order valence-electron chi connectivity index (χ2n) is 10.2. The van der Waals surface area contributed by atoms with E-state index in [2.05, 4.69) is 11.1 Å². The number of ether oxygens (including phenoxy) is 1. The van der Waals surface area contributed by atoms with Gasteiger partial charge in [-0.15, -0.1) is 11.3 Å². The molecule has 7 nitrogen and oxygen atoms in total. The number of thiazole rings is 1. The first-order valence-corrected chi connectivity index (χ1v) is 13.5. The number of carbonyl (C=O) groups is 2. The number of aromatic nitrogens is 1. The fourth-order valence-electron chi connectivity index (χ4n) is 4.41. The summed E-state index contributed by atoms with van der Waals surface area (Å²) in [6, 6.07) is 0. The lowest BCUT2D eigenvalue weighted by Gasteiger charge is -2.35. The van der Waals surface area contributed by atoms with Crippen LogP contribution in [0.5, 0.6) is 0 Å². The van der Waals surface area contributed by atoms with E-state index >= 15 is 0 Å². The lowest BCUT2D eigenvalue weighted by molar-refractivity contribution is -0.154. The van der Waals surface area contributed by atoms with Crippen molar-refractivity contribution in [1.82, 2.24) is 4.98 Å². The number of cyclic esters (lactones) is 1. The molecule has 1 aliphatic heterocycles. The maximum atomic E-state index is 13.4. The van der Waals surface area contributed by atoms with Crippen LogP contribution in [0.3, 0.4) is 0 Å². The van der Waals surface area contributed by atoms with Gasteiger partial charge in [-0.2, -0.15) is 0 Å². The van der Waals surface area contributed by atoms with Crippen LogP contribution in [0.25, 0.3) is 6.08 Å². The Kier molecular flexibility index (Phi) is 11.3. The summed E-state index contributed by atoms with van der Waals surface area (Å²) in [5, 5.41) is 24.5. The SMILES string of the molecule is CC[C@H]1C(=O)C(C)(C)[C@@H](O)CC(=O)O[C@H](/C=C/c2csc(CN)n2)C/C=C(/C)CCC[C@H](C)[C@@H]1O. The summed E-state index contributed by atoms with van der Waals surface area (Å²) >= 11 is 1.48. The molecule has 0 fully saturated rings. The minimum Gasteiger partial charge on any atom is -0.458 e. The van der Waals surface area contributed by atoms with E-state index < -0.39 is 35.6 Å². The summed E-state index contributed by atoms with van der Waals surface area (Å²) in [5.41, 5.74) is 6.38. The van der Waals surface area contributed by atoms with Crippen LogP contribution in [0.4, 0.5) is 0 Å². The van der Waals surface area contributed by atoms with E-state index in [4.69, 9.17) is 10.5 Å². The molecule has 0 spiro atoms. The van der Waals surface area contributed by atoms with Gasteiger partial charge in [-0.3, -0.25) is 9.59 Å². The zero-order valence-electron chi connectivity index (χ0n) is 21.7. The zero-order valence-corrected chi connectivity index (χ0v) is 22.5. The van der Waals surface area contributed by atoms with Crippen molar-refractivity contribution in [3.05, 3.63) is 33.8 Å². The molecule has 8 heteroatoms. The molecule has 2 heterocycles. The van der Waals surface area contributed by atoms with Gasteiger partial charge in [0.15, 0.2) is 0 Å². The fraction of sp³-hybridized carbons (Fsp3) is 0.667. The van der Waals surface area contributed by atoms with E-state index in [1.54, 1.807) is 19.9 Å². The molecule has 4 N–H and O–H groups in total. The number of aliphatic hydroxyl groups excluding tert-OH is 2. The first-order chi connectivity index (χ1) is 16.5. The zero-order chi connectivity index (χ0) is 26.2. The van der Waals surface area contributed by atoms with Gasteiger partial charge in [0.1, 0.15) is 16.9 Å². The Bertz CT molecular complexity index is 907. The maximum Gasteiger partial charge on any atom is 0.309 e. The number of nitrogens with zero attached hydrogens (tertiary/aromatic N) is 1. The molecule has 5 atom stereocenters. The fourth-order valence-corrected chi connectivity index (χ4v) is 5.05. The van der Waals surface area contributed by atoms with Gasteiger partial charge in [0.25, 0.3) is 0 Å². The molecular formula is C27H42N2O5S. The lowest BCUT2D eigenvalue weighted by atomic mass is 9.71. The van der Waals surface area contributed by atoms with Crippen molar-refractivity contribution in [2.24, 2.45) is 23.0 Å². The van der Waals surface area contributed by atoms with E-state index in [1.807, 2.05) is 32.2 Å². The number of carbonyl (C=O) groups excluding carboxylic acids is 2. The van der Waals surface area contributed by atoms with Crippen LogP contribution in [-0.4, -0.2) is 45.3 Å². The number of rotatable bonds is 4. The summed E-state index contributed by atoms with van der Waals surface area (Å²) in [5.74, 6) is -1.44. The predicted molar refractivity (Wildman–Crippen MR) is 140 cm³/mol. The molecule has 1 aromatic heterocycles. The molecule has 1 aromatic rings. The van der Waals surface area contributed by atoms with Gasteiger partial charge < -0.3 is 20.7 Å². The second-order valence-corrected chi connectivity index (χ2v) is 11.2. The highest BCUT2D eigenvalue weighted by Gasteiger charge is 2.43. The van der Waals surface area contributed by atoms with Crippen LogP contribution in [0.15, 0.2) is 23.1 Å². The summed E-state index contributed by atoms with van der Waals surface area (Å²) in [6.07, 6.45) is 6.36. The van der Waals surface area contributed by atoms with Gasteiger partial charge in [0.05, 0.1) is 29.7 Å². The largest absolute Gasteiger partial charge is 0.458 e. The number of aliphatic hydroxyl groups is 2. The third-order valence-corrected chi connectivity index (χ3v) is 7.93. The minimum atomic E-state index is -1.22. The average molecular weight is 507 g/mol. The van der Waals surface area contributed by atoms with Crippen molar-refractivity contribution in [3.63, 3.8) is 0 Å². The molecule has 0 radical (unpaired) electrons. The molecule has 0 unspecified atom stereocenters. The number of ketones is 1. The molecule has 0 saturated heterocycles. The molecule has 0 amide bonds. The molecule has 196 valence electrons. The highest BCUT2D eigenvalue weighted by atomic mass is 32.1. The van der Waals surface area contributed by atoms with E-state index in [9.17, 15) is 19.8 Å². The van der Waals surface area contributed by atoms with Crippen molar-refractivity contribution in [2.45, 2.75) is 98.0 Å². The monoisotopic (exact) mass is 506 g/mol. The number of nitrogens with two attached hydrogens (primary N) is 1. The number of allylic oxidation sites excluding steroid dienone is 1. The summed E-state index contributed by atoms with van der Waals surface area (Å²) in [7, 11) is 0. The standard InChI is InChI=1S/C27H42N2O5S/c1-6-21-25(32)18(3)9-7-8-17(2)10-12-20(13-11-19-16-35-23(15-28)29-19)34-24(31)14-22(30)27(4,5)26(21)33/h10-11,13,16,18,20-22,25,30,32H,6-9,12,14-15,28H2,1-5H3/b13-11+,17-10-/t18-,20-,21+,22-,25-/m0/s1. The summed E-state index contributed by atoms with van der Waals surface area (Å²) in [4.78, 5) is 30.5. The van der Waals surface area contributed by atoms with Crippen molar-refractivity contribution >= 4 is 29.2 Å². The smallest absolute Gasteiger partial charge is 0.309 e. The normalized spacial score (nSPS) is 31.2. The van der Waals surface area contributed by atoms with E-state index in [1.165, 1.54) is 16.9 Å². The Morgan fingerprint density at radius 3 is 2.66 bits per heavy atom.